The van der Waals surface area contributed by atoms with Crippen molar-refractivity contribution >= 4 is 5.78 Å². The molecule has 0 aliphatic carbocycles. The van der Waals surface area contributed by atoms with Crippen molar-refractivity contribution in [2.75, 3.05) is 7.05 Å². The van der Waals surface area contributed by atoms with E-state index in [1.165, 1.54) is 30.4 Å². The molecule has 2 fully saturated rings. The highest BCUT2D eigenvalue weighted by atomic mass is 16.1. The lowest BCUT2D eigenvalue weighted by Gasteiger charge is -2.46. The predicted octanol–water partition coefficient (Wildman–Crippen LogP) is 4.06. The third-order valence-corrected chi connectivity index (χ3v) is 5.82. The van der Waals surface area contributed by atoms with Gasteiger partial charge in [0, 0.05) is 23.6 Å². The number of aryl methyl sites for hydroxylation is 3. The van der Waals surface area contributed by atoms with Crippen molar-refractivity contribution in [3.63, 3.8) is 0 Å². The maximum Gasteiger partial charge on any atom is 0.166 e. The Hall–Kier alpha value is -1.15. The van der Waals surface area contributed by atoms with E-state index in [9.17, 15) is 4.79 Å². The summed E-state index contributed by atoms with van der Waals surface area (Å²) >= 11 is 0. The SMILES string of the molecule is Cc1cc(C)c(C(=O)C2CC3CCCC(C2)N3C)cc1C. The second kappa shape index (κ2) is 5.57. The van der Waals surface area contributed by atoms with E-state index >= 15 is 0 Å². The van der Waals surface area contributed by atoms with E-state index < -0.39 is 0 Å². The number of carbonyl (C=O) groups is 1. The molecule has 1 aromatic carbocycles. The van der Waals surface area contributed by atoms with E-state index in [1.54, 1.807) is 0 Å². The number of benzene rings is 1. The van der Waals surface area contributed by atoms with Crippen LogP contribution in [0.5, 0.6) is 0 Å². The van der Waals surface area contributed by atoms with Gasteiger partial charge in [0.2, 0.25) is 0 Å². The van der Waals surface area contributed by atoms with Crippen molar-refractivity contribution in [3.05, 3.63) is 34.4 Å². The highest BCUT2D eigenvalue weighted by Crippen LogP contribution is 2.37. The van der Waals surface area contributed by atoms with Crippen LogP contribution in [-0.4, -0.2) is 29.8 Å². The van der Waals surface area contributed by atoms with Crippen molar-refractivity contribution < 1.29 is 4.79 Å². The third-order valence-electron chi connectivity index (χ3n) is 5.82. The summed E-state index contributed by atoms with van der Waals surface area (Å²) < 4.78 is 0. The molecule has 2 aliphatic rings. The van der Waals surface area contributed by atoms with Crippen molar-refractivity contribution in [3.8, 4) is 0 Å². The van der Waals surface area contributed by atoms with Crippen LogP contribution >= 0.6 is 0 Å². The number of hydrogen-bond acceptors (Lipinski definition) is 2. The maximum atomic E-state index is 13.0. The van der Waals surface area contributed by atoms with Crippen LogP contribution in [0.1, 0.15) is 59.2 Å². The van der Waals surface area contributed by atoms with Crippen LogP contribution in [0.2, 0.25) is 0 Å². The van der Waals surface area contributed by atoms with Gasteiger partial charge in [-0.3, -0.25) is 4.79 Å². The minimum absolute atomic E-state index is 0.234. The summed E-state index contributed by atoms with van der Waals surface area (Å²) in [5.41, 5.74) is 4.62. The molecule has 0 radical (unpaired) electrons. The molecule has 3 rings (SSSR count). The van der Waals surface area contributed by atoms with Gasteiger partial charge in [-0.1, -0.05) is 12.5 Å². The van der Waals surface area contributed by atoms with Gasteiger partial charge in [-0.15, -0.1) is 0 Å². The van der Waals surface area contributed by atoms with Gasteiger partial charge in [-0.25, -0.2) is 0 Å². The Morgan fingerprint density at radius 3 is 2.19 bits per heavy atom. The van der Waals surface area contributed by atoms with Crippen molar-refractivity contribution in [2.24, 2.45) is 5.92 Å². The molecule has 2 saturated heterocycles. The number of fused-ring (bicyclic) bond motifs is 2. The zero-order valence-electron chi connectivity index (χ0n) is 13.8. The van der Waals surface area contributed by atoms with Gasteiger partial charge in [-0.2, -0.15) is 0 Å². The first kappa shape index (κ1) is 14.8. The molecular weight excluding hydrogens is 258 g/mol. The molecule has 2 nitrogen and oxygen atoms in total. The van der Waals surface area contributed by atoms with Gasteiger partial charge >= 0.3 is 0 Å². The first-order valence-corrected chi connectivity index (χ1v) is 8.31. The first-order chi connectivity index (χ1) is 9.97. The standard InChI is InChI=1S/C19H27NO/c1-12-8-14(3)18(9-13(12)2)19(21)15-10-16-6-5-7-17(11-15)20(16)4/h8-9,15-17H,5-7,10-11H2,1-4H3. The summed E-state index contributed by atoms with van der Waals surface area (Å²) in [6, 6.07) is 5.52. The molecule has 21 heavy (non-hydrogen) atoms. The second-order valence-corrected chi connectivity index (χ2v) is 7.19. The molecule has 0 saturated carbocycles. The van der Waals surface area contributed by atoms with E-state index in [4.69, 9.17) is 0 Å². The van der Waals surface area contributed by atoms with Gasteiger partial charge < -0.3 is 4.90 Å². The number of rotatable bonds is 2. The Labute approximate surface area is 128 Å². The number of hydrogen-bond donors (Lipinski definition) is 0. The molecule has 2 heteroatoms. The fraction of sp³-hybridized carbons (Fsp3) is 0.632. The molecule has 0 N–H and O–H groups in total. The zero-order valence-corrected chi connectivity index (χ0v) is 13.8. The lowest BCUT2D eigenvalue weighted by molar-refractivity contribution is 0.0338. The van der Waals surface area contributed by atoms with E-state index in [2.05, 4.69) is 44.9 Å². The van der Waals surface area contributed by atoms with Crippen LogP contribution in [0.4, 0.5) is 0 Å². The Morgan fingerprint density at radius 1 is 1.00 bits per heavy atom. The molecule has 0 spiro atoms. The van der Waals surface area contributed by atoms with Crippen LogP contribution in [0, 0.1) is 26.7 Å². The van der Waals surface area contributed by atoms with E-state index in [-0.39, 0.29) is 5.92 Å². The fourth-order valence-corrected chi connectivity index (χ4v) is 4.28. The third kappa shape index (κ3) is 2.66. The van der Waals surface area contributed by atoms with Crippen LogP contribution in [0.3, 0.4) is 0 Å². The Morgan fingerprint density at radius 2 is 1.57 bits per heavy atom. The average molecular weight is 285 g/mol. The van der Waals surface area contributed by atoms with Gasteiger partial charge in [0.1, 0.15) is 0 Å². The number of piperidine rings is 2. The van der Waals surface area contributed by atoms with Crippen LogP contribution in [-0.2, 0) is 0 Å². The Bertz CT molecular complexity index is 549. The average Bonchev–Trinajstić information content (AvgIpc) is 2.42. The number of nitrogens with zero attached hydrogens (tertiary/aromatic N) is 1. The highest BCUT2D eigenvalue weighted by molar-refractivity contribution is 5.99. The summed E-state index contributed by atoms with van der Waals surface area (Å²) in [6.07, 6.45) is 5.98. The van der Waals surface area contributed by atoms with E-state index in [1.807, 2.05) is 0 Å². The van der Waals surface area contributed by atoms with Crippen LogP contribution in [0.15, 0.2) is 12.1 Å². The predicted molar refractivity (Wildman–Crippen MR) is 86.9 cm³/mol. The van der Waals surface area contributed by atoms with Gasteiger partial charge in [-0.05, 0) is 76.3 Å². The molecule has 2 bridgehead atoms. The number of Topliss-reactive ketones (excluding diaryl/α,β-unsaturated/α-hetero) is 1. The molecule has 114 valence electrons. The lowest BCUT2D eigenvalue weighted by atomic mass is 9.75. The zero-order chi connectivity index (χ0) is 15.1. The second-order valence-electron chi connectivity index (χ2n) is 7.19. The summed E-state index contributed by atoms with van der Waals surface area (Å²) in [4.78, 5) is 15.5. The van der Waals surface area contributed by atoms with Crippen molar-refractivity contribution in [2.45, 2.75) is 65.0 Å². The molecule has 0 amide bonds. The van der Waals surface area contributed by atoms with Gasteiger partial charge in [0.05, 0.1) is 0 Å². The number of ketones is 1. The van der Waals surface area contributed by atoms with Crippen molar-refractivity contribution in [1.29, 1.82) is 0 Å². The summed E-state index contributed by atoms with van der Waals surface area (Å²) in [6.45, 7) is 6.31. The normalized spacial score (nSPS) is 29.4. The summed E-state index contributed by atoms with van der Waals surface area (Å²) in [5.74, 6) is 0.623. The first-order valence-electron chi connectivity index (χ1n) is 8.31. The van der Waals surface area contributed by atoms with Crippen LogP contribution in [0.25, 0.3) is 0 Å². The quantitative estimate of drug-likeness (QED) is 0.764. The molecule has 2 atom stereocenters. The monoisotopic (exact) mass is 285 g/mol. The summed E-state index contributed by atoms with van der Waals surface area (Å²) in [5, 5.41) is 0. The molecule has 2 unspecified atom stereocenters. The molecular formula is C19H27NO. The fourth-order valence-electron chi connectivity index (χ4n) is 4.28. The van der Waals surface area contributed by atoms with E-state index in [0.29, 0.717) is 17.9 Å². The van der Waals surface area contributed by atoms with E-state index in [0.717, 1.165) is 24.0 Å². The smallest absolute Gasteiger partial charge is 0.166 e. The molecule has 2 aliphatic heterocycles. The van der Waals surface area contributed by atoms with Gasteiger partial charge in [0.25, 0.3) is 0 Å². The van der Waals surface area contributed by atoms with Crippen LogP contribution < -0.4 is 0 Å². The van der Waals surface area contributed by atoms with Crippen molar-refractivity contribution in [1.82, 2.24) is 4.90 Å². The minimum atomic E-state index is 0.234. The lowest BCUT2D eigenvalue weighted by Crippen LogP contribution is -2.51. The molecule has 0 aromatic heterocycles. The highest BCUT2D eigenvalue weighted by Gasteiger charge is 2.39. The molecule has 2 heterocycles. The Kier molecular flexibility index (Phi) is 3.92. The molecule has 1 aromatic rings. The summed E-state index contributed by atoms with van der Waals surface area (Å²) in [7, 11) is 2.25. The van der Waals surface area contributed by atoms with Gasteiger partial charge in [0.15, 0.2) is 5.78 Å². The Balaban J connectivity index is 1.84. The maximum absolute atomic E-state index is 13.0. The minimum Gasteiger partial charge on any atom is -0.300 e. The topological polar surface area (TPSA) is 20.3 Å². The largest absolute Gasteiger partial charge is 0.300 e. The number of carbonyl (C=O) groups excluding carboxylic acids is 1.